The Kier molecular flexibility index (Phi) is 5.23. The third kappa shape index (κ3) is 4.23. The number of halogens is 1. The van der Waals surface area contributed by atoms with Crippen LogP contribution in [0.3, 0.4) is 0 Å². The van der Waals surface area contributed by atoms with Crippen LogP contribution >= 0.6 is 11.6 Å². The highest BCUT2D eigenvalue weighted by molar-refractivity contribution is 6.30. The quantitative estimate of drug-likeness (QED) is 0.592. The van der Waals surface area contributed by atoms with Crippen molar-refractivity contribution in [1.29, 1.82) is 0 Å². The van der Waals surface area contributed by atoms with Crippen molar-refractivity contribution in [3.05, 3.63) is 58.1 Å². The molecule has 0 aliphatic rings. The maximum atomic E-state index is 10.9. The van der Waals surface area contributed by atoms with E-state index in [4.69, 9.17) is 21.1 Å². The van der Waals surface area contributed by atoms with Crippen LogP contribution < -0.4 is 9.47 Å². The predicted molar refractivity (Wildman–Crippen MR) is 83.7 cm³/mol. The van der Waals surface area contributed by atoms with Crippen LogP contribution in [0.1, 0.15) is 21.5 Å². The molecular formula is C17H17ClO3. The molecule has 4 heteroatoms. The van der Waals surface area contributed by atoms with Crippen LogP contribution in [-0.2, 0) is 0 Å². The van der Waals surface area contributed by atoms with Crippen molar-refractivity contribution in [2.24, 2.45) is 0 Å². The largest absolute Gasteiger partial charge is 0.490 e. The second kappa shape index (κ2) is 7.14. The maximum absolute atomic E-state index is 10.9. The Morgan fingerprint density at radius 1 is 1.00 bits per heavy atom. The van der Waals surface area contributed by atoms with Crippen LogP contribution in [0.25, 0.3) is 0 Å². The Morgan fingerprint density at radius 3 is 2.48 bits per heavy atom. The van der Waals surface area contributed by atoms with E-state index < -0.39 is 0 Å². The van der Waals surface area contributed by atoms with E-state index >= 15 is 0 Å². The summed E-state index contributed by atoms with van der Waals surface area (Å²) in [5.74, 6) is 1.33. The molecule has 3 nitrogen and oxygen atoms in total. The van der Waals surface area contributed by atoms with Gasteiger partial charge in [0.05, 0.1) is 5.56 Å². The van der Waals surface area contributed by atoms with E-state index in [0.717, 1.165) is 12.0 Å². The number of ether oxygens (including phenoxy) is 2. The lowest BCUT2D eigenvalue weighted by Crippen LogP contribution is -2.10. The minimum atomic E-state index is 0.357. The second-order valence-electron chi connectivity index (χ2n) is 4.74. The van der Waals surface area contributed by atoms with Crippen molar-refractivity contribution in [2.45, 2.75) is 13.8 Å². The number of carbonyl (C=O) groups is 1. The number of hydrogen-bond acceptors (Lipinski definition) is 3. The number of carbonyl (C=O) groups excluding carboxylic acids is 1. The van der Waals surface area contributed by atoms with Crippen molar-refractivity contribution in [1.82, 2.24) is 0 Å². The van der Waals surface area contributed by atoms with Crippen LogP contribution in [0.2, 0.25) is 5.02 Å². The van der Waals surface area contributed by atoms with E-state index in [1.807, 2.05) is 25.1 Å². The zero-order valence-electron chi connectivity index (χ0n) is 12.1. The Labute approximate surface area is 129 Å². The fourth-order valence-corrected chi connectivity index (χ4v) is 2.04. The summed E-state index contributed by atoms with van der Waals surface area (Å²) >= 11 is 5.83. The summed E-state index contributed by atoms with van der Waals surface area (Å²) in [4.78, 5) is 10.9. The van der Waals surface area contributed by atoms with Gasteiger partial charge in [0.2, 0.25) is 0 Å². The van der Waals surface area contributed by atoms with Gasteiger partial charge in [0.1, 0.15) is 24.7 Å². The first-order valence-electron chi connectivity index (χ1n) is 6.68. The van der Waals surface area contributed by atoms with E-state index in [-0.39, 0.29) is 0 Å². The molecule has 2 aromatic carbocycles. The number of aryl methyl sites for hydroxylation is 2. The molecular weight excluding hydrogens is 288 g/mol. The first kappa shape index (κ1) is 15.4. The molecule has 110 valence electrons. The zero-order chi connectivity index (χ0) is 15.2. The normalized spacial score (nSPS) is 10.2. The minimum Gasteiger partial charge on any atom is -0.490 e. The molecule has 0 aliphatic heterocycles. The lowest BCUT2D eigenvalue weighted by molar-refractivity contribution is 0.111. The molecule has 0 aromatic heterocycles. The fraction of sp³-hybridized carbons (Fsp3) is 0.235. The summed E-state index contributed by atoms with van der Waals surface area (Å²) in [7, 11) is 0. The average Bonchev–Trinajstić information content (AvgIpc) is 2.48. The van der Waals surface area contributed by atoms with E-state index in [2.05, 4.69) is 6.92 Å². The summed E-state index contributed by atoms with van der Waals surface area (Å²) in [5.41, 5.74) is 2.86. The Hall–Kier alpha value is -2.00. The van der Waals surface area contributed by atoms with Gasteiger partial charge in [-0.2, -0.15) is 0 Å². The number of benzene rings is 2. The highest BCUT2D eigenvalue weighted by Crippen LogP contribution is 2.21. The fourth-order valence-electron chi connectivity index (χ4n) is 1.86. The molecule has 0 saturated carbocycles. The molecule has 0 spiro atoms. The molecule has 0 amide bonds. The summed E-state index contributed by atoms with van der Waals surface area (Å²) in [6, 6.07) is 10.9. The van der Waals surface area contributed by atoms with Crippen molar-refractivity contribution >= 4 is 17.9 Å². The summed E-state index contributed by atoms with van der Waals surface area (Å²) in [6.07, 6.45) is 0.728. The molecule has 0 saturated heterocycles. The van der Waals surface area contributed by atoms with E-state index in [1.165, 1.54) is 11.1 Å². The monoisotopic (exact) mass is 304 g/mol. The Morgan fingerprint density at radius 2 is 1.76 bits per heavy atom. The lowest BCUT2D eigenvalue weighted by Gasteiger charge is -2.11. The number of aldehydes is 1. The topological polar surface area (TPSA) is 35.5 Å². The summed E-state index contributed by atoms with van der Waals surface area (Å²) < 4.78 is 11.2. The maximum Gasteiger partial charge on any atom is 0.153 e. The smallest absolute Gasteiger partial charge is 0.153 e. The van der Waals surface area contributed by atoms with Gasteiger partial charge in [0.25, 0.3) is 0 Å². The van der Waals surface area contributed by atoms with Gasteiger partial charge >= 0.3 is 0 Å². The molecule has 0 fully saturated rings. The van der Waals surface area contributed by atoms with Crippen molar-refractivity contribution in [3.63, 3.8) is 0 Å². The Bertz CT molecular complexity index is 638. The van der Waals surface area contributed by atoms with Gasteiger partial charge in [0.15, 0.2) is 6.29 Å². The first-order valence-corrected chi connectivity index (χ1v) is 7.05. The molecule has 0 unspecified atom stereocenters. The van der Waals surface area contributed by atoms with E-state index in [9.17, 15) is 4.79 Å². The molecule has 0 atom stereocenters. The van der Waals surface area contributed by atoms with Gasteiger partial charge in [-0.05, 0) is 55.3 Å². The van der Waals surface area contributed by atoms with Crippen LogP contribution in [0.5, 0.6) is 11.5 Å². The molecule has 0 radical (unpaired) electrons. The van der Waals surface area contributed by atoms with Crippen LogP contribution in [0.4, 0.5) is 0 Å². The third-order valence-electron chi connectivity index (χ3n) is 3.19. The van der Waals surface area contributed by atoms with E-state index in [0.29, 0.717) is 29.5 Å². The van der Waals surface area contributed by atoms with Crippen LogP contribution in [0, 0.1) is 13.8 Å². The summed E-state index contributed by atoms with van der Waals surface area (Å²) in [6.45, 7) is 4.87. The minimum absolute atomic E-state index is 0.357. The zero-order valence-corrected chi connectivity index (χ0v) is 12.8. The SMILES string of the molecule is Cc1ccc(OCCOc2ccc(Cl)cc2C=O)cc1C. The molecule has 0 N–H and O–H groups in total. The van der Waals surface area contributed by atoms with Crippen LogP contribution in [0.15, 0.2) is 36.4 Å². The van der Waals surface area contributed by atoms with Crippen molar-refractivity contribution < 1.29 is 14.3 Å². The number of rotatable bonds is 6. The highest BCUT2D eigenvalue weighted by Gasteiger charge is 2.04. The molecule has 0 heterocycles. The summed E-state index contributed by atoms with van der Waals surface area (Å²) in [5, 5.41) is 0.510. The van der Waals surface area contributed by atoms with Gasteiger partial charge in [-0.3, -0.25) is 4.79 Å². The lowest BCUT2D eigenvalue weighted by atomic mass is 10.1. The third-order valence-corrected chi connectivity index (χ3v) is 3.42. The Balaban J connectivity index is 1.87. The molecule has 2 rings (SSSR count). The molecule has 21 heavy (non-hydrogen) atoms. The predicted octanol–water partition coefficient (Wildman–Crippen LogP) is 4.23. The van der Waals surface area contributed by atoms with Gasteiger partial charge in [-0.15, -0.1) is 0 Å². The van der Waals surface area contributed by atoms with Crippen LogP contribution in [-0.4, -0.2) is 19.5 Å². The van der Waals surface area contributed by atoms with E-state index in [1.54, 1.807) is 18.2 Å². The molecule has 0 bridgehead atoms. The van der Waals surface area contributed by atoms with Gasteiger partial charge in [-0.1, -0.05) is 17.7 Å². The first-order chi connectivity index (χ1) is 10.1. The molecule has 0 aliphatic carbocycles. The van der Waals surface area contributed by atoms with Crippen molar-refractivity contribution in [3.8, 4) is 11.5 Å². The van der Waals surface area contributed by atoms with Gasteiger partial charge in [-0.25, -0.2) is 0 Å². The van der Waals surface area contributed by atoms with Gasteiger partial charge in [0, 0.05) is 5.02 Å². The van der Waals surface area contributed by atoms with Gasteiger partial charge < -0.3 is 9.47 Å². The number of hydrogen-bond donors (Lipinski definition) is 0. The average molecular weight is 305 g/mol. The molecule has 2 aromatic rings. The second-order valence-corrected chi connectivity index (χ2v) is 5.18. The highest BCUT2D eigenvalue weighted by atomic mass is 35.5. The van der Waals surface area contributed by atoms with Crippen molar-refractivity contribution in [2.75, 3.05) is 13.2 Å². The standard InChI is InChI=1S/C17H17ClO3/c1-12-3-5-16(9-13(12)2)20-7-8-21-17-6-4-15(18)10-14(17)11-19/h3-6,9-11H,7-8H2,1-2H3.